The maximum Gasteiger partial charge on any atom is 0.309 e. The van der Waals surface area contributed by atoms with E-state index in [2.05, 4.69) is 0 Å². The number of carboxylic acid groups (broad SMARTS) is 1. The van der Waals surface area contributed by atoms with Gasteiger partial charge in [0.25, 0.3) is 0 Å². The van der Waals surface area contributed by atoms with E-state index in [4.69, 9.17) is 5.11 Å². The van der Waals surface area contributed by atoms with Gasteiger partial charge in [-0.15, -0.1) is 0 Å². The number of aliphatic carboxylic acids is 1. The van der Waals surface area contributed by atoms with Crippen LogP contribution < -0.4 is 0 Å². The second-order valence-corrected chi connectivity index (χ2v) is 5.23. The van der Waals surface area contributed by atoms with E-state index < -0.39 is 11.4 Å². The van der Waals surface area contributed by atoms with Gasteiger partial charge in [-0.3, -0.25) is 4.79 Å². The van der Waals surface area contributed by atoms with Crippen LogP contribution in [-0.4, -0.2) is 22.8 Å². The van der Waals surface area contributed by atoms with Crippen molar-refractivity contribution in [1.82, 2.24) is 0 Å². The molecular weight excluding hydrogens is 192 g/mol. The maximum atomic E-state index is 11.4. The van der Waals surface area contributed by atoms with Gasteiger partial charge in [-0.2, -0.15) is 0 Å². The van der Waals surface area contributed by atoms with E-state index in [1.807, 2.05) is 0 Å². The Labute approximate surface area is 90.5 Å². The smallest absolute Gasteiger partial charge is 0.309 e. The lowest BCUT2D eigenvalue weighted by molar-refractivity contribution is -0.159. The molecule has 0 heterocycles. The van der Waals surface area contributed by atoms with Crippen LogP contribution in [0.15, 0.2) is 0 Å². The van der Waals surface area contributed by atoms with Gasteiger partial charge in [0.05, 0.1) is 5.41 Å². The molecule has 0 radical (unpaired) electrons. The summed E-state index contributed by atoms with van der Waals surface area (Å²) in [6, 6.07) is 0. The van der Waals surface area contributed by atoms with Gasteiger partial charge in [-0.1, -0.05) is 12.8 Å². The molecule has 2 fully saturated rings. The van der Waals surface area contributed by atoms with Gasteiger partial charge in [0.1, 0.15) is 0 Å². The Morgan fingerprint density at radius 1 is 1.27 bits per heavy atom. The summed E-state index contributed by atoms with van der Waals surface area (Å²) in [6.07, 6.45) is 6.71. The molecule has 0 saturated heterocycles. The molecule has 0 aromatic rings. The molecule has 2 aliphatic carbocycles. The molecule has 0 aromatic heterocycles. The quantitative estimate of drug-likeness (QED) is 0.736. The van der Waals surface area contributed by atoms with Crippen LogP contribution in [0.5, 0.6) is 0 Å². The van der Waals surface area contributed by atoms with Gasteiger partial charge in [0, 0.05) is 6.61 Å². The first-order chi connectivity index (χ1) is 7.19. The number of hydrogen-bond acceptors (Lipinski definition) is 2. The summed E-state index contributed by atoms with van der Waals surface area (Å²) in [6.45, 7) is 0.228. The Morgan fingerprint density at radius 2 is 2.07 bits per heavy atom. The summed E-state index contributed by atoms with van der Waals surface area (Å²) >= 11 is 0. The Morgan fingerprint density at radius 3 is 2.73 bits per heavy atom. The Balaban J connectivity index is 2.15. The van der Waals surface area contributed by atoms with Crippen LogP contribution in [0.1, 0.15) is 44.9 Å². The van der Waals surface area contributed by atoms with E-state index in [1.165, 1.54) is 0 Å². The molecule has 86 valence electrons. The number of hydrogen-bond donors (Lipinski definition) is 2. The lowest BCUT2D eigenvalue weighted by Gasteiger charge is -2.46. The second kappa shape index (κ2) is 4.12. The zero-order valence-electron chi connectivity index (χ0n) is 9.11. The molecule has 3 heteroatoms. The average molecular weight is 212 g/mol. The van der Waals surface area contributed by atoms with Crippen LogP contribution in [0.25, 0.3) is 0 Å². The molecule has 2 saturated carbocycles. The Kier molecular flexibility index (Phi) is 3.01. The van der Waals surface area contributed by atoms with Gasteiger partial charge in [0.15, 0.2) is 0 Å². The molecule has 3 atom stereocenters. The van der Waals surface area contributed by atoms with Crippen molar-refractivity contribution in [2.75, 3.05) is 6.61 Å². The second-order valence-electron chi connectivity index (χ2n) is 5.23. The Bertz CT molecular complexity index is 251. The van der Waals surface area contributed by atoms with Crippen molar-refractivity contribution in [2.24, 2.45) is 17.3 Å². The fraction of sp³-hybridized carbons (Fsp3) is 0.917. The van der Waals surface area contributed by atoms with Crippen molar-refractivity contribution in [2.45, 2.75) is 44.9 Å². The van der Waals surface area contributed by atoms with Gasteiger partial charge < -0.3 is 10.2 Å². The lowest BCUT2D eigenvalue weighted by Crippen LogP contribution is -2.45. The highest BCUT2D eigenvalue weighted by molar-refractivity contribution is 5.75. The summed E-state index contributed by atoms with van der Waals surface area (Å²) in [5.74, 6) is 0.0683. The van der Waals surface area contributed by atoms with E-state index in [0.29, 0.717) is 11.8 Å². The van der Waals surface area contributed by atoms with Crippen molar-refractivity contribution < 1.29 is 15.0 Å². The molecule has 2 aliphatic rings. The highest BCUT2D eigenvalue weighted by Gasteiger charge is 2.49. The van der Waals surface area contributed by atoms with E-state index in [9.17, 15) is 9.90 Å². The van der Waals surface area contributed by atoms with E-state index in [-0.39, 0.29) is 6.61 Å². The van der Waals surface area contributed by atoms with Crippen molar-refractivity contribution in [3.8, 4) is 0 Å². The summed E-state index contributed by atoms with van der Waals surface area (Å²) in [4.78, 5) is 11.4. The first-order valence-electron chi connectivity index (χ1n) is 6.03. The normalized spacial score (nSPS) is 40.9. The minimum atomic E-state index is -0.594. The number of carbonyl (C=O) groups is 1. The van der Waals surface area contributed by atoms with Crippen LogP contribution in [-0.2, 0) is 4.79 Å². The van der Waals surface area contributed by atoms with Crippen molar-refractivity contribution in [1.29, 1.82) is 0 Å². The Hall–Kier alpha value is -0.570. The monoisotopic (exact) mass is 212 g/mol. The molecule has 3 nitrogen and oxygen atoms in total. The molecule has 0 amide bonds. The summed E-state index contributed by atoms with van der Waals surface area (Å²) in [5.41, 5.74) is -0.441. The number of carboxylic acids is 1. The zero-order chi connectivity index (χ0) is 10.9. The first-order valence-corrected chi connectivity index (χ1v) is 6.03. The van der Waals surface area contributed by atoms with E-state index in [1.54, 1.807) is 0 Å². The molecular formula is C12H20O3. The SMILES string of the molecule is O=C(O)C12CCCCC1CC(CO)CC2. The summed E-state index contributed by atoms with van der Waals surface area (Å²) < 4.78 is 0. The molecule has 0 aliphatic heterocycles. The van der Waals surface area contributed by atoms with Crippen molar-refractivity contribution in [3.63, 3.8) is 0 Å². The fourth-order valence-electron chi connectivity index (χ4n) is 3.52. The van der Waals surface area contributed by atoms with Crippen LogP contribution in [0, 0.1) is 17.3 Å². The minimum absolute atomic E-state index is 0.228. The van der Waals surface area contributed by atoms with Crippen LogP contribution in [0.4, 0.5) is 0 Å². The third-order valence-electron chi connectivity index (χ3n) is 4.51. The highest BCUT2D eigenvalue weighted by atomic mass is 16.4. The number of aliphatic hydroxyl groups is 1. The molecule has 2 rings (SSSR count). The average Bonchev–Trinajstić information content (AvgIpc) is 2.28. The van der Waals surface area contributed by atoms with Crippen LogP contribution in [0.2, 0.25) is 0 Å². The number of fused-ring (bicyclic) bond motifs is 1. The van der Waals surface area contributed by atoms with Gasteiger partial charge in [-0.25, -0.2) is 0 Å². The third kappa shape index (κ3) is 1.78. The van der Waals surface area contributed by atoms with Gasteiger partial charge >= 0.3 is 5.97 Å². The summed E-state index contributed by atoms with van der Waals surface area (Å²) in [7, 11) is 0. The molecule has 2 N–H and O–H groups in total. The minimum Gasteiger partial charge on any atom is -0.481 e. The van der Waals surface area contributed by atoms with Gasteiger partial charge in [0.2, 0.25) is 0 Å². The van der Waals surface area contributed by atoms with Crippen LogP contribution >= 0.6 is 0 Å². The predicted octanol–water partition coefficient (Wildman–Crippen LogP) is 2.04. The lowest BCUT2D eigenvalue weighted by atomic mass is 9.57. The fourth-order valence-corrected chi connectivity index (χ4v) is 3.52. The zero-order valence-corrected chi connectivity index (χ0v) is 9.11. The molecule has 15 heavy (non-hydrogen) atoms. The molecule has 0 bridgehead atoms. The molecule has 3 unspecified atom stereocenters. The maximum absolute atomic E-state index is 11.4. The first kappa shape index (κ1) is 10.9. The number of rotatable bonds is 2. The number of aliphatic hydroxyl groups excluding tert-OH is 1. The van der Waals surface area contributed by atoms with E-state index in [0.717, 1.165) is 44.9 Å². The topological polar surface area (TPSA) is 57.5 Å². The van der Waals surface area contributed by atoms with Crippen molar-refractivity contribution >= 4 is 5.97 Å². The third-order valence-corrected chi connectivity index (χ3v) is 4.51. The predicted molar refractivity (Wildman–Crippen MR) is 56.5 cm³/mol. The molecule has 0 aromatic carbocycles. The van der Waals surface area contributed by atoms with E-state index >= 15 is 0 Å². The van der Waals surface area contributed by atoms with Crippen molar-refractivity contribution in [3.05, 3.63) is 0 Å². The van der Waals surface area contributed by atoms with Crippen LogP contribution in [0.3, 0.4) is 0 Å². The van der Waals surface area contributed by atoms with Gasteiger partial charge in [-0.05, 0) is 43.9 Å². The summed E-state index contributed by atoms with van der Waals surface area (Å²) in [5, 5.41) is 18.6. The molecule has 0 spiro atoms. The highest BCUT2D eigenvalue weighted by Crippen LogP contribution is 2.51. The largest absolute Gasteiger partial charge is 0.481 e. The standard InChI is InChI=1S/C12H20O3/c13-8-9-4-6-12(11(14)15)5-2-1-3-10(12)7-9/h9-10,13H,1-8H2,(H,14,15).